The van der Waals surface area contributed by atoms with Crippen molar-refractivity contribution in [1.82, 2.24) is 24.8 Å². The second-order valence-electron chi connectivity index (χ2n) is 11.7. The van der Waals surface area contributed by atoms with Gasteiger partial charge >= 0.3 is 0 Å². The molecule has 2 fully saturated rings. The van der Waals surface area contributed by atoms with Crippen molar-refractivity contribution < 1.29 is 9.30 Å². The number of nitrogens with one attached hydrogen (secondary N) is 3. The number of methoxy groups -OCH3 is 1. The molecule has 0 atom stereocenters. The second-order valence-corrected chi connectivity index (χ2v) is 14.9. The summed E-state index contributed by atoms with van der Waals surface area (Å²) in [6, 6.07) is 16.6. The van der Waals surface area contributed by atoms with E-state index < -0.39 is 7.14 Å². The predicted molar refractivity (Wildman–Crippen MR) is 173 cm³/mol. The van der Waals surface area contributed by atoms with E-state index in [-0.39, 0.29) is 0 Å². The number of hydrogen-bond donors (Lipinski definition) is 3. The first-order valence-electron chi connectivity index (χ1n) is 14.7. The number of piperidine rings is 1. The zero-order valence-corrected chi connectivity index (χ0v) is 25.8. The molecule has 10 nitrogen and oxygen atoms in total. The minimum absolute atomic E-state index is 0.431. The number of aromatic amines is 1. The van der Waals surface area contributed by atoms with Crippen molar-refractivity contribution in [1.29, 1.82) is 0 Å². The Morgan fingerprint density at radius 1 is 0.929 bits per heavy atom. The fourth-order valence-electron chi connectivity index (χ4n) is 6.05. The van der Waals surface area contributed by atoms with Crippen LogP contribution < -0.4 is 25.6 Å². The number of fused-ring (bicyclic) bond motifs is 1. The van der Waals surface area contributed by atoms with Crippen molar-refractivity contribution in [3.63, 3.8) is 0 Å². The Morgan fingerprint density at radius 3 is 2.43 bits per heavy atom. The third-order valence-electron chi connectivity index (χ3n) is 8.47. The van der Waals surface area contributed by atoms with E-state index in [0.717, 1.165) is 59.7 Å². The Balaban J connectivity index is 1.19. The molecule has 0 radical (unpaired) electrons. The molecule has 0 aliphatic carbocycles. The smallest absolute Gasteiger partial charge is 0.231 e. The van der Waals surface area contributed by atoms with Gasteiger partial charge in [-0.3, -0.25) is 4.90 Å². The molecule has 3 N–H and O–H groups in total. The van der Waals surface area contributed by atoms with Crippen LogP contribution in [0.4, 0.5) is 28.8 Å². The molecule has 2 saturated heterocycles. The lowest BCUT2D eigenvalue weighted by Gasteiger charge is -2.42. The maximum atomic E-state index is 12.9. The largest absolute Gasteiger partial charge is 0.494 e. The summed E-state index contributed by atoms with van der Waals surface area (Å²) in [5.74, 6) is 1.80. The van der Waals surface area contributed by atoms with Crippen LogP contribution in [0.15, 0.2) is 54.7 Å². The third kappa shape index (κ3) is 6.11. The molecule has 4 heterocycles. The summed E-state index contributed by atoms with van der Waals surface area (Å²) in [6.45, 7) is 10.3. The highest BCUT2D eigenvalue weighted by molar-refractivity contribution is 7.70. The standard InChI is InChI=1S/C31H41N8O2P/c1-37-17-19-39(20-18-37)22-12-15-38(16-13-22)23-9-10-25(27(21-23)41-2)34-31-35-29-24(11-14-32-29)30(36-31)33-26-7-5-6-8-28(26)42(3,4)40/h5-11,14,21-22H,12-13,15-20H2,1-4H3,(H3,32,33,34,35,36). The lowest BCUT2D eigenvalue weighted by Crippen LogP contribution is -2.52. The highest BCUT2D eigenvalue weighted by Crippen LogP contribution is 2.39. The molecule has 0 amide bonds. The summed E-state index contributed by atoms with van der Waals surface area (Å²) in [7, 11) is 1.40. The van der Waals surface area contributed by atoms with Gasteiger partial charge in [0, 0.05) is 68.6 Å². The van der Waals surface area contributed by atoms with E-state index in [1.165, 1.54) is 25.9 Å². The Bertz CT molecular complexity index is 1590. The highest BCUT2D eigenvalue weighted by Gasteiger charge is 2.27. The molecule has 2 aromatic carbocycles. The number of hydrogen-bond acceptors (Lipinski definition) is 9. The number of likely N-dealkylation sites (N-methyl/N-ethyl adjacent to an activating group) is 1. The topological polar surface area (TPSA) is 102 Å². The summed E-state index contributed by atoms with van der Waals surface area (Å²) >= 11 is 0. The number of ether oxygens (including phenoxy) is 1. The van der Waals surface area contributed by atoms with Crippen LogP contribution in [0.1, 0.15) is 12.8 Å². The maximum Gasteiger partial charge on any atom is 0.231 e. The number of para-hydroxylation sites is 1. The van der Waals surface area contributed by atoms with Crippen LogP contribution in [0, 0.1) is 0 Å². The minimum atomic E-state index is -2.50. The van der Waals surface area contributed by atoms with E-state index in [1.807, 2.05) is 42.6 Å². The molecule has 0 saturated carbocycles. The normalized spacial score (nSPS) is 17.5. The Kier molecular flexibility index (Phi) is 8.12. The van der Waals surface area contributed by atoms with Crippen molar-refractivity contribution >= 4 is 52.3 Å². The summed E-state index contributed by atoms with van der Waals surface area (Å²) in [5.41, 5.74) is 3.42. The molecule has 222 valence electrons. The van der Waals surface area contributed by atoms with Crippen molar-refractivity contribution in [3.05, 3.63) is 54.7 Å². The van der Waals surface area contributed by atoms with E-state index in [2.05, 4.69) is 49.5 Å². The molecule has 2 aliphatic rings. The van der Waals surface area contributed by atoms with E-state index in [0.29, 0.717) is 23.5 Å². The van der Waals surface area contributed by atoms with Crippen molar-refractivity contribution in [2.24, 2.45) is 0 Å². The first kappa shape index (κ1) is 28.5. The van der Waals surface area contributed by atoms with Gasteiger partial charge in [-0.15, -0.1) is 0 Å². The molecule has 0 unspecified atom stereocenters. The van der Waals surface area contributed by atoms with Crippen molar-refractivity contribution in [2.45, 2.75) is 18.9 Å². The van der Waals surface area contributed by atoms with E-state index in [4.69, 9.17) is 14.7 Å². The lowest BCUT2D eigenvalue weighted by atomic mass is 10.0. The van der Waals surface area contributed by atoms with Crippen LogP contribution >= 0.6 is 7.14 Å². The van der Waals surface area contributed by atoms with Crippen molar-refractivity contribution in [2.75, 3.05) is 82.3 Å². The molecule has 6 rings (SSSR count). The van der Waals surface area contributed by atoms with Gasteiger partial charge in [0.15, 0.2) is 0 Å². The molecule has 2 aromatic heterocycles. The van der Waals surface area contributed by atoms with Gasteiger partial charge in [0.05, 0.1) is 23.9 Å². The fourth-order valence-corrected chi connectivity index (χ4v) is 7.20. The molecule has 0 bridgehead atoms. The van der Waals surface area contributed by atoms with Gasteiger partial charge in [0.25, 0.3) is 0 Å². The molecule has 4 aromatic rings. The summed E-state index contributed by atoms with van der Waals surface area (Å²) in [5, 5.41) is 8.42. The third-order valence-corrected chi connectivity index (χ3v) is 10.0. The number of H-pyrrole nitrogens is 1. The van der Waals surface area contributed by atoms with Gasteiger partial charge in [0.1, 0.15) is 24.4 Å². The average molecular weight is 589 g/mol. The molecule has 2 aliphatic heterocycles. The predicted octanol–water partition coefficient (Wildman–Crippen LogP) is 4.92. The first-order valence-corrected chi connectivity index (χ1v) is 17.3. The number of aromatic nitrogens is 3. The van der Waals surface area contributed by atoms with E-state index in [9.17, 15) is 4.57 Å². The fraction of sp³-hybridized carbons (Fsp3) is 0.419. The van der Waals surface area contributed by atoms with Gasteiger partial charge in [-0.2, -0.15) is 9.97 Å². The van der Waals surface area contributed by atoms with Crippen LogP contribution in [0.5, 0.6) is 5.75 Å². The molecule has 0 spiro atoms. The van der Waals surface area contributed by atoms with Crippen LogP contribution in [-0.4, -0.2) is 97.5 Å². The highest BCUT2D eigenvalue weighted by atomic mass is 31.2. The number of rotatable bonds is 8. The van der Waals surface area contributed by atoms with Crippen molar-refractivity contribution in [3.8, 4) is 5.75 Å². The maximum absolute atomic E-state index is 12.9. The van der Waals surface area contributed by atoms with Gasteiger partial charge in [0.2, 0.25) is 5.95 Å². The average Bonchev–Trinajstić information content (AvgIpc) is 3.47. The lowest BCUT2D eigenvalue weighted by molar-refractivity contribution is 0.0982. The molecule has 11 heteroatoms. The van der Waals surface area contributed by atoms with Crippen LogP contribution in [0.3, 0.4) is 0 Å². The summed E-state index contributed by atoms with van der Waals surface area (Å²) in [4.78, 5) is 20.3. The number of anilines is 5. The van der Waals surface area contributed by atoms with Gasteiger partial charge in [-0.25, -0.2) is 0 Å². The number of piperazine rings is 1. The zero-order valence-electron chi connectivity index (χ0n) is 24.9. The van der Waals surface area contributed by atoms with E-state index >= 15 is 0 Å². The van der Waals surface area contributed by atoms with Crippen LogP contribution in [0.25, 0.3) is 11.0 Å². The summed E-state index contributed by atoms with van der Waals surface area (Å²) < 4.78 is 18.8. The Morgan fingerprint density at radius 2 is 1.69 bits per heavy atom. The molecule has 42 heavy (non-hydrogen) atoms. The van der Waals surface area contributed by atoms with Gasteiger partial charge in [-0.05, 0) is 63.6 Å². The molecular formula is C31H41N8O2P. The summed E-state index contributed by atoms with van der Waals surface area (Å²) in [6.07, 6.45) is 4.20. The quantitative estimate of drug-likeness (QED) is 0.248. The molecular weight excluding hydrogens is 547 g/mol. The van der Waals surface area contributed by atoms with Crippen LogP contribution in [-0.2, 0) is 4.57 Å². The first-order chi connectivity index (χ1) is 20.3. The van der Waals surface area contributed by atoms with E-state index in [1.54, 1.807) is 20.4 Å². The monoisotopic (exact) mass is 588 g/mol. The van der Waals surface area contributed by atoms with Gasteiger partial charge < -0.3 is 34.7 Å². The van der Waals surface area contributed by atoms with Gasteiger partial charge in [-0.1, -0.05) is 12.1 Å². The minimum Gasteiger partial charge on any atom is -0.494 e. The zero-order chi connectivity index (χ0) is 29.3. The van der Waals surface area contributed by atoms with Crippen LogP contribution in [0.2, 0.25) is 0 Å². The number of nitrogens with zero attached hydrogens (tertiary/aromatic N) is 5. The number of benzene rings is 2. The Labute approximate surface area is 247 Å². The SMILES string of the molecule is COc1cc(N2CCC(N3CCN(C)CC3)CC2)ccc1Nc1nc(Nc2ccccc2P(C)(C)=O)c2cc[nH]c2n1. The second kappa shape index (κ2) is 12.0. The Hall–Kier alpha value is -3.59.